The largest absolute Gasteiger partial charge is 0.490 e. The van der Waals surface area contributed by atoms with Gasteiger partial charge in [0.2, 0.25) is 0 Å². The number of carboxylic acids is 1. The molecule has 3 rings (SSSR count). The molecule has 0 saturated carbocycles. The molecule has 0 aliphatic heterocycles. The van der Waals surface area contributed by atoms with Crippen molar-refractivity contribution in [1.82, 2.24) is 15.0 Å². The number of anilines is 1. The van der Waals surface area contributed by atoms with Gasteiger partial charge in [0.05, 0.1) is 23.9 Å². The second kappa shape index (κ2) is 9.57. The van der Waals surface area contributed by atoms with Crippen LogP contribution in [0, 0.1) is 11.3 Å². The van der Waals surface area contributed by atoms with Crippen LogP contribution < -0.4 is 5.73 Å². The fourth-order valence-electron chi connectivity index (χ4n) is 2.09. The highest BCUT2D eigenvalue weighted by molar-refractivity contribution is 6.30. The highest BCUT2D eigenvalue weighted by Crippen LogP contribution is 2.30. The molecule has 0 spiro atoms. The van der Waals surface area contributed by atoms with Gasteiger partial charge in [-0.1, -0.05) is 31.2 Å². The molecule has 0 amide bonds. The summed E-state index contributed by atoms with van der Waals surface area (Å²) in [5.41, 5.74) is 9.10. The number of benzene rings is 1. The number of pyridine rings is 1. The first-order valence-corrected chi connectivity index (χ1v) is 7.76. The Hall–Kier alpha value is -3.58. The van der Waals surface area contributed by atoms with Crippen LogP contribution in [0.5, 0.6) is 0 Å². The van der Waals surface area contributed by atoms with E-state index in [1.165, 1.54) is 0 Å². The molecule has 1 aromatic carbocycles. The van der Waals surface area contributed by atoms with Crippen molar-refractivity contribution in [3.05, 3.63) is 53.4 Å². The van der Waals surface area contributed by atoms with E-state index in [-0.39, 0.29) is 13.2 Å². The molecule has 2 aromatic heterocycles. The summed E-state index contributed by atoms with van der Waals surface area (Å²) in [4.78, 5) is 20.1. The summed E-state index contributed by atoms with van der Waals surface area (Å²) in [5.74, 6) is -2.58. The minimum Gasteiger partial charge on any atom is -0.475 e. The fraction of sp³-hybridized carbons (Fsp3) is 0.111. The third-order valence-corrected chi connectivity index (χ3v) is 3.55. The molecular formula is C18H15ClF3N5O2. The second-order valence-corrected chi connectivity index (χ2v) is 5.64. The average molecular weight is 426 g/mol. The van der Waals surface area contributed by atoms with Crippen LogP contribution in [0.15, 0.2) is 42.9 Å². The Bertz CT molecular complexity index is 1030. The molecule has 29 heavy (non-hydrogen) atoms. The summed E-state index contributed by atoms with van der Waals surface area (Å²) >= 11 is 6.00. The summed E-state index contributed by atoms with van der Waals surface area (Å²) < 4.78 is 31.7. The van der Waals surface area contributed by atoms with Crippen LogP contribution in [-0.4, -0.2) is 32.2 Å². The number of halogens is 4. The van der Waals surface area contributed by atoms with E-state index >= 15 is 0 Å². The Balaban J connectivity index is 0.000000456. The normalized spacial score (nSPS) is 10.2. The number of rotatable bonds is 2. The summed E-state index contributed by atoms with van der Waals surface area (Å²) in [6, 6.07) is 11.2. The van der Waals surface area contributed by atoms with E-state index in [1.807, 2.05) is 12.1 Å². The SMILES string of the molecule is C.N#Cc1c(-c2cnc[nH]2)cc(-c2cccc(Cl)c2)nc1N.O=C(O)C(F)(F)F. The second-order valence-electron chi connectivity index (χ2n) is 5.21. The highest BCUT2D eigenvalue weighted by Gasteiger charge is 2.38. The van der Waals surface area contributed by atoms with Crippen molar-refractivity contribution in [3.8, 4) is 28.6 Å². The number of nitrogens with two attached hydrogens (primary N) is 1. The molecule has 0 aliphatic rings. The number of nitrogens with one attached hydrogen (secondary N) is 1. The number of imidazole rings is 1. The maximum Gasteiger partial charge on any atom is 0.490 e. The smallest absolute Gasteiger partial charge is 0.475 e. The lowest BCUT2D eigenvalue weighted by molar-refractivity contribution is -0.192. The van der Waals surface area contributed by atoms with E-state index in [0.717, 1.165) is 5.56 Å². The summed E-state index contributed by atoms with van der Waals surface area (Å²) in [6.07, 6.45) is -1.90. The van der Waals surface area contributed by atoms with Gasteiger partial charge in [-0.2, -0.15) is 18.4 Å². The topological polar surface area (TPSA) is 129 Å². The predicted octanol–water partition coefficient (Wildman–Crippen LogP) is 4.52. The minimum absolute atomic E-state index is 0. The molecule has 7 nitrogen and oxygen atoms in total. The number of hydrogen-bond donors (Lipinski definition) is 3. The van der Waals surface area contributed by atoms with Crippen LogP contribution in [0.2, 0.25) is 5.02 Å². The summed E-state index contributed by atoms with van der Waals surface area (Å²) in [6.45, 7) is 0. The molecule has 0 aliphatic carbocycles. The Morgan fingerprint density at radius 3 is 2.45 bits per heavy atom. The lowest BCUT2D eigenvalue weighted by Crippen LogP contribution is -2.21. The molecule has 2 heterocycles. The lowest BCUT2D eigenvalue weighted by Gasteiger charge is -2.08. The van der Waals surface area contributed by atoms with Crippen molar-refractivity contribution in [2.24, 2.45) is 0 Å². The Kier molecular flexibility index (Phi) is 7.74. The Morgan fingerprint density at radius 2 is 1.97 bits per heavy atom. The van der Waals surface area contributed by atoms with Crippen molar-refractivity contribution < 1.29 is 23.1 Å². The van der Waals surface area contributed by atoms with Gasteiger partial charge < -0.3 is 15.8 Å². The molecule has 0 radical (unpaired) electrons. The maximum atomic E-state index is 10.6. The standard InChI is InChI=1S/C15H10ClN5.C2HF3O2.CH4/c16-10-3-1-2-9(4-10)13-5-11(14-7-19-8-20-14)12(6-17)15(18)21-13;3-2(4,5)1(6)7;/h1-5,7-8H,(H2,18,21)(H,19,20);(H,6,7);1H4. The zero-order valence-electron chi connectivity index (χ0n) is 13.8. The van der Waals surface area contributed by atoms with Crippen molar-refractivity contribution in [1.29, 1.82) is 5.26 Å². The van der Waals surface area contributed by atoms with Crippen LogP contribution in [0.1, 0.15) is 13.0 Å². The van der Waals surface area contributed by atoms with Crippen LogP contribution in [0.4, 0.5) is 19.0 Å². The minimum atomic E-state index is -5.08. The number of carbonyl (C=O) groups is 1. The molecular weight excluding hydrogens is 411 g/mol. The zero-order valence-corrected chi connectivity index (χ0v) is 14.6. The number of aliphatic carboxylic acids is 1. The quantitative estimate of drug-likeness (QED) is 0.553. The first-order valence-electron chi connectivity index (χ1n) is 7.39. The van der Waals surface area contributed by atoms with Gasteiger partial charge in [0, 0.05) is 16.1 Å². The summed E-state index contributed by atoms with van der Waals surface area (Å²) in [5, 5.41) is 17.0. The average Bonchev–Trinajstić information content (AvgIpc) is 3.15. The van der Waals surface area contributed by atoms with E-state index in [0.29, 0.717) is 27.5 Å². The number of nitrogen functional groups attached to an aromatic ring is 1. The van der Waals surface area contributed by atoms with E-state index in [9.17, 15) is 18.4 Å². The predicted molar refractivity (Wildman–Crippen MR) is 102 cm³/mol. The van der Waals surface area contributed by atoms with Crippen molar-refractivity contribution in [2.75, 3.05) is 5.73 Å². The van der Waals surface area contributed by atoms with Gasteiger partial charge in [0.1, 0.15) is 17.5 Å². The van der Waals surface area contributed by atoms with Gasteiger partial charge >= 0.3 is 12.1 Å². The van der Waals surface area contributed by atoms with Crippen LogP contribution >= 0.6 is 11.6 Å². The van der Waals surface area contributed by atoms with Gasteiger partial charge in [-0.25, -0.2) is 14.8 Å². The van der Waals surface area contributed by atoms with Crippen molar-refractivity contribution >= 4 is 23.4 Å². The summed E-state index contributed by atoms with van der Waals surface area (Å²) in [7, 11) is 0. The zero-order chi connectivity index (χ0) is 20.9. The molecule has 0 unspecified atom stereocenters. The van der Waals surface area contributed by atoms with E-state index < -0.39 is 12.1 Å². The number of aromatic nitrogens is 3. The van der Waals surface area contributed by atoms with E-state index in [2.05, 4.69) is 21.0 Å². The third kappa shape index (κ3) is 5.95. The number of carboxylic acid groups (broad SMARTS) is 1. The fourth-order valence-corrected chi connectivity index (χ4v) is 2.28. The number of hydrogen-bond acceptors (Lipinski definition) is 5. The van der Waals surface area contributed by atoms with Gasteiger partial charge in [-0.3, -0.25) is 0 Å². The number of nitriles is 1. The molecule has 11 heteroatoms. The van der Waals surface area contributed by atoms with Crippen molar-refractivity contribution in [3.63, 3.8) is 0 Å². The molecule has 0 fully saturated rings. The van der Waals surface area contributed by atoms with E-state index in [4.69, 9.17) is 27.2 Å². The monoisotopic (exact) mass is 425 g/mol. The van der Waals surface area contributed by atoms with Crippen LogP contribution in [0.25, 0.3) is 22.5 Å². The molecule has 152 valence electrons. The third-order valence-electron chi connectivity index (χ3n) is 3.31. The number of H-pyrrole nitrogens is 1. The Labute approximate surface area is 168 Å². The van der Waals surface area contributed by atoms with Gasteiger partial charge in [0.15, 0.2) is 0 Å². The van der Waals surface area contributed by atoms with E-state index in [1.54, 1.807) is 30.7 Å². The van der Waals surface area contributed by atoms with Gasteiger partial charge in [0.25, 0.3) is 0 Å². The van der Waals surface area contributed by atoms with Crippen LogP contribution in [0.3, 0.4) is 0 Å². The lowest BCUT2D eigenvalue weighted by atomic mass is 10.0. The van der Waals surface area contributed by atoms with Crippen molar-refractivity contribution in [2.45, 2.75) is 13.6 Å². The highest BCUT2D eigenvalue weighted by atomic mass is 35.5. The molecule has 0 atom stereocenters. The Morgan fingerprint density at radius 1 is 1.31 bits per heavy atom. The van der Waals surface area contributed by atoms with Crippen LogP contribution in [-0.2, 0) is 4.79 Å². The van der Waals surface area contributed by atoms with Gasteiger partial charge in [-0.15, -0.1) is 0 Å². The first kappa shape index (κ1) is 23.5. The first-order chi connectivity index (χ1) is 13.1. The number of alkyl halides is 3. The number of nitrogens with zero attached hydrogens (tertiary/aromatic N) is 3. The van der Waals surface area contributed by atoms with Gasteiger partial charge in [-0.05, 0) is 18.2 Å². The molecule has 0 saturated heterocycles. The number of aromatic amines is 1. The maximum absolute atomic E-state index is 10.6. The molecule has 3 aromatic rings. The molecule has 4 N–H and O–H groups in total. The molecule has 0 bridgehead atoms.